The predicted molar refractivity (Wildman–Crippen MR) is 229 cm³/mol. The number of nitrogens with zero attached hydrogens (tertiary/aromatic N) is 1. The van der Waals surface area contributed by atoms with Crippen molar-refractivity contribution < 1.29 is 0 Å². The topological polar surface area (TPSA) is 39.3 Å². The summed E-state index contributed by atoms with van der Waals surface area (Å²) in [5.74, 6) is 0. The Bertz CT molecular complexity index is 2610. The van der Waals surface area contributed by atoms with E-state index in [4.69, 9.17) is 0 Å². The van der Waals surface area contributed by atoms with Crippen molar-refractivity contribution in [3.05, 3.63) is 229 Å². The zero-order valence-corrected chi connectivity index (χ0v) is 30.3. The molecule has 0 amide bonds. The lowest BCUT2D eigenvalue weighted by Crippen LogP contribution is -2.39. The fraction of sp³-hybridized carbons (Fsp3) is 0.0588. The Balaban J connectivity index is 0.913. The third-order valence-corrected chi connectivity index (χ3v) is 11.0. The van der Waals surface area contributed by atoms with Gasteiger partial charge in [0.2, 0.25) is 0 Å². The Morgan fingerprint density at radius 2 is 1.02 bits per heavy atom. The lowest BCUT2D eigenvalue weighted by molar-refractivity contribution is 0.443. The quantitative estimate of drug-likeness (QED) is 0.154. The van der Waals surface area contributed by atoms with Gasteiger partial charge in [0.25, 0.3) is 0 Å². The fourth-order valence-electron chi connectivity index (χ4n) is 8.15. The maximum absolute atomic E-state index is 3.87. The zero-order valence-electron chi connectivity index (χ0n) is 30.3. The highest BCUT2D eigenvalue weighted by Crippen LogP contribution is 2.46. The SMILES string of the molecule is C1=C(c2ccc(-c3cccc4ccccc34)cc2)NC(c2ccc(-c3ccc(N4c5ccccc5NC4c4ccccc4)cc3)cc2)NC1c1ccccc1. The van der Waals surface area contributed by atoms with E-state index in [0.29, 0.717) is 0 Å². The summed E-state index contributed by atoms with van der Waals surface area (Å²) in [7, 11) is 0. The molecule has 0 bridgehead atoms. The monoisotopic (exact) mass is 708 g/mol. The molecule has 8 aromatic rings. The molecule has 2 aliphatic heterocycles. The van der Waals surface area contributed by atoms with Crippen LogP contribution in [0.25, 0.3) is 38.7 Å². The van der Waals surface area contributed by atoms with Crippen LogP contribution in [0.5, 0.6) is 0 Å². The first-order valence-electron chi connectivity index (χ1n) is 19.0. The van der Waals surface area contributed by atoms with Crippen molar-refractivity contribution in [2.24, 2.45) is 0 Å². The van der Waals surface area contributed by atoms with Gasteiger partial charge in [-0.25, -0.2) is 0 Å². The highest BCUT2D eigenvalue weighted by atomic mass is 15.3. The van der Waals surface area contributed by atoms with E-state index in [1.165, 1.54) is 61.0 Å². The van der Waals surface area contributed by atoms with E-state index in [-0.39, 0.29) is 18.4 Å². The van der Waals surface area contributed by atoms with E-state index in [0.717, 1.165) is 17.1 Å². The van der Waals surface area contributed by atoms with Crippen LogP contribution in [0.3, 0.4) is 0 Å². The van der Waals surface area contributed by atoms with Gasteiger partial charge in [0.05, 0.1) is 17.4 Å². The van der Waals surface area contributed by atoms with Gasteiger partial charge >= 0.3 is 0 Å². The van der Waals surface area contributed by atoms with Crippen molar-refractivity contribution in [2.45, 2.75) is 18.4 Å². The number of hydrogen-bond acceptors (Lipinski definition) is 4. The molecular formula is C51H40N4. The Labute approximate surface area is 322 Å². The molecule has 55 heavy (non-hydrogen) atoms. The standard InChI is InChI=1S/C51H40N4/c1-3-13-39(14-4-1)47-34-48(40-26-24-38(25-27-40)45-19-11-17-37-12-7-8-18-44(37)45)53-50(52-47)41-28-22-35(23-29-41)36-30-32-43(33-31-36)55-49-21-10-9-20-46(49)54-51(55)42-15-5-2-6-16-42/h1-34,47,50-54H. The second kappa shape index (κ2) is 14.2. The minimum absolute atomic E-state index is 0.0278. The smallest absolute Gasteiger partial charge is 0.130 e. The van der Waals surface area contributed by atoms with Gasteiger partial charge in [-0.15, -0.1) is 0 Å². The molecule has 3 atom stereocenters. The molecular weight excluding hydrogens is 669 g/mol. The molecule has 0 saturated carbocycles. The van der Waals surface area contributed by atoms with Crippen molar-refractivity contribution >= 4 is 33.5 Å². The summed E-state index contributed by atoms with van der Waals surface area (Å²) in [5, 5.41) is 14.0. The molecule has 0 aliphatic carbocycles. The molecule has 2 aliphatic rings. The van der Waals surface area contributed by atoms with E-state index >= 15 is 0 Å². The minimum atomic E-state index is -0.0722. The predicted octanol–water partition coefficient (Wildman–Crippen LogP) is 12.4. The van der Waals surface area contributed by atoms with E-state index in [1.54, 1.807) is 0 Å². The van der Waals surface area contributed by atoms with E-state index in [9.17, 15) is 0 Å². The first kappa shape index (κ1) is 32.7. The van der Waals surface area contributed by atoms with Crippen molar-refractivity contribution in [3.8, 4) is 22.3 Å². The number of rotatable bonds is 7. The molecule has 264 valence electrons. The van der Waals surface area contributed by atoms with Crippen LogP contribution in [-0.2, 0) is 0 Å². The number of benzene rings is 8. The van der Waals surface area contributed by atoms with Crippen molar-refractivity contribution in [2.75, 3.05) is 10.2 Å². The van der Waals surface area contributed by atoms with Crippen LogP contribution in [0.2, 0.25) is 0 Å². The maximum Gasteiger partial charge on any atom is 0.130 e. The first-order valence-corrected chi connectivity index (χ1v) is 19.0. The molecule has 0 saturated heterocycles. The summed E-state index contributed by atoms with van der Waals surface area (Å²) in [6, 6.07) is 72.0. The number of anilines is 3. The average Bonchev–Trinajstić information content (AvgIpc) is 3.67. The highest BCUT2D eigenvalue weighted by Gasteiger charge is 2.31. The number of nitrogens with one attached hydrogen (secondary N) is 3. The lowest BCUT2D eigenvalue weighted by atomic mass is 9.95. The Kier molecular flexibility index (Phi) is 8.43. The molecule has 4 heteroatoms. The Morgan fingerprint density at radius 1 is 0.418 bits per heavy atom. The van der Waals surface area contributed by atoms with Crippen molar-refractivity contribution in [1.29, 1.82) is 0 Å². The molecule has 3 unspecified atom stereocenters. The zero-order chi connectivity index (χ0) is 36.6. The highest BCUT2D eigenvalue weighted by molar-refractivity contribution is 5.96. The van der Waals surface area contributed by atoms with Gasteiger partial charge in [-0.3, -0.25) is 5.32 Å². The van der Waals surface area contributed by atoms with Crippen LogP contribution in [0.4, 0.5) is 17.1 Å². The van der Waals surface area contributed by atoms with Gasteiger partial charge in [0, 0.05) is 11.4 Å². The van der Waals surface area contributed by atoms with Gasteiger partial charge in [-0.05, 0) is 85.6 Å². The summed E-state index contributed by atoms with van der Waals surface area (Å²) >= 11 is 0. The molecule has 0 radical (unpaired) electrons. The van der Waals surface area contributed by atoms with Gasteiger partial charge in [0.15, 0.2) is 0 Å². The summed E-state index contributed by atoms with van der Waals surface area (Å²) in [4.78, 5) is 2.39. The summed E-state index contributed by atoms with van der Waals surface area (Å²) in [5.41, 5.74) is 14.3. The van der Waals surface area contributed by atoms with Crippen molar-refractivity contribution in [3.63, 3.8) is 0 Å². The van der Waals surface area contributed by atoms with Crippen LogP contribution in [-0.4, -0.2) is 0 Å². The minimum Gasteiger partial charge on any atom is -0.366 e. The van der Waals surface area contributed by atoms with Crippen LogP contribution in [0.1, 0.15) is 40.6 Å². The van der Waals surface area contributed by atoms with Crippen molar-refractivity contribution in [1.82, 2.24) is 10.6 Å². The molecule has 3 N–H and O–H groups in total. The fourth-order valence-corrected chi connectivity index (χ4v) is 8.15. The number of para-hydroxylation sites is 2. The summed E-state index contributed by atoms with van der Waals surface area (Å²) in [6.45, 7) is 0. The van der Waals surface area contributed by atoms with Gasteiger partial charge in [-0.2, -0.15) is 0 Å². The third kappa shape index (κ3) is 6.33. The Hall–Kier alpha value is -6.88. The van der Waals surface area contributed by atoms with E-state index in [1.807, 2.05) is 0 Å². The Morgan fingerprint density at radius 3 is 1.78 bits per heavy atom. The lowest BCUT2D eigenvalue weighted by Gasteiger charge is -2.33. The van der Waals surface area contributed by atoms with Crippen LogP contribution in [0, 0.1) is 0 Å². The number of hydrogen-bond donors (Lipinski definition) is 3. The van der Waals surface area contributed by atoms with Gasteiger partial charge in [0.1, 0.15) is 12.3 Å². The summed E-state index contributed by atoms with van der Waals surface area (Å²) < 4.78 is 0. The average molecular weight is 709 g/mol. The first-order chi connectivity index (χ1) is 27.2. The van der Waals surface area contributed by atoms with Crippen LogP contribution < -0.4 is 20.9 Å². The second-order valence-electron chi connectivity index (χ2n) is 14.3. The molecule has 8 aromatic carbocycles. The molecule has 4 nitrogen and oxygen atoms in total. The van der Waals surface area contributed by atoms with Gasteiger partial charge < -0.3 is 15.5 Å². The molecule has 0 fully saturated rings. The number of fused-ring (bicyclic) bond motifs is 2. The normalized spacial score (nSPS) is 17.6. The molecule has 2 heterocycles. The van der Waals surface area contributed by atoms with E-state index < -0.39 is 0 Å². The largest absolute Gasteiger partial charge is 0.366 e. The van der Waals surface area contributed by atoms with Crippen LogP contribution >= 0.6 is 0 Å². The molecule has 0 aromatic heterocycles. The molecule has 10 rings (SSSR count). The van der Waals surface area contributed by atoms with E-state index in [2.05, 4.69) is 227 Å². The second-order valence-corrected chi connectivity index (χ2v) is 14.3. The van der Waals surface area contributed by atoms with Crippen LogP contribution in [0.15, 0.2) is 206 Å². The molecule has 0 spiro atoms. The third-order valence-electron chi connectivity index (χ3n) is 11.0. The maximum atomic E-state index is 3.87. The van der Waals surface area contributed by atoms with Gasteiger partial charge in [-0.1, -0.05) is 176 Å². The summed E-state index contributed by atoms with van der Waals surface area (Å²) in [6.07, 6.45) is 2.27.